The van der Waals surface area contributed by atoms with Gasteiger partial charge >= 0.3 is 10.2 Å². The summed E-state index contributed by atoms with van der Waals surface area (Å²) in [7, 11) is -1.72. The largest absolute Gasteiger partial charge is 0.472 e. The van der Waals surface area contributed by atoms with Crippen molar-refractivity contribution in [1.29, 1.82) is 0 Å². The fourth-order valence-corrected chi connectivity index (χ4v) is 4.58. The van der Waals surface area contributed by atoms with Crippen molar-refractivity contribution in [3.8, 4) is 5.88 Å². The molecule has 140 valence electrons. The van der Waals surface area contributed by atoms with Crippen LogP contribution in [0.15, 0.2) is 28.7 Å². The number of para-hydroxylation sites is 1. The van der Waals surface area contributed by atoms with Crippen molar-refractivity contribution in [3.05, 3.63) is 29.8 Å². The second kappa shape index (κ2) is 6.84. The Morgan fingerprint density at radius 3 is 2.73 bits per heavy atom. The number of likely N-dealkylation sites (N-methyl/N-ethyl adjacent to an activating group) is 1. The lowest BCUT2D eigenvalue weighted by Crippen LogP contribution is -2.46. The Labute approximate surface area is 158 Å². The summed E-state index contributed by atoms with van der Waals surface area (Å²) in [6.45, 7) is 2.98. The second-order valence-electron chi connectivity index (χ2n) is 6.66. The van der Waals surface area contributed by atoms with Gasteiger partial charge in [0.25, 0.3) is 0 Å². The Morgan fingerprint density at radius 1 is 1.27 bits per heavy atom. The van der Waals surface area contributed by atoms with Gasteiger partial charge in [-0.2, -0.15) is 17.1 Å². The summed E-state index contributed by atoms with van der Waals surface area (Å²) in [5.74, 6) is 1.01. The molecule has 1 atom stereocenters. The summed E-state index contributed by atoms with van der Waals surface area (Å²) in [4.78, 5) is 2.10. The number of nitrogens with zero attached hydrogens (tertiary/aromatic N) is 4. The van der Waals surface area contributed by atoms with Crippen LogP contribution in [-0.2, 0) is 16.8 Å². The lowest BCUT2D eigenvalue weighted by Gasteiger charge is -2.29. The van der Waals surface area contributed by atoms with Crippen LogP contribution in [0.5, 0.6) is 5.88 Å². The maximum atomic E-state index is 12.6. The minimum absolute atomic E-state index is 0.113. The van der Waals surface area contributed by atoms with Crippen LogP contribution >= 0.6 is 11.6 Å². The van der Waals surface area contributed by atoms with Gasteiger partial charge in [0.1, 0.15) is 6.10 Å². The van der Waals surface area contributed by atoms with Gasteiger partial charge in [0.05, 0.1) is 29.7 Å². The van der Waals surface area contributed by atoms with Crippen molar-refractivity contribution < 1.29 is 13.2 Å². The highest BCUT2D eigenvalue weighted by molar-refractivity contribution is 7.87. The zero-order valence-electron chi connectivity index (χ0n) is 14.5. The van der Waals surface area contributed by atoms with Crippen LogP contribution in [0.3, 0.4) is 0 Å². The lowest BCUT2D eigenvalue weighted by molar-refractivity contribution is 0.222. The van der Waals surface area contributed by atoms with Gasteiger partial charge in [0.2, 0.25) is 5.88 Å². The Morgan fingerprint density at radius 2 is 2.00 bits per heavy atom. The monoisotopic (exact) mass is 396 g/mol. The normalized spacial score (nSPS) is 22.2. The fraction of sp³-hybridized carbons (Fsp3) is 0.471. The number of aromatic nitrogens is 1. The fourth-order valence-electron chi connectivity index (χ4n) is 3.42. The van der Waals surface area contributed by atoms with Crippen molar-refractivity contribution in [2.24, 2.45) is 4.40 Å². The van der Waals surface area contributed by atoms with Crippen LogP contribution in [0.25, 0.3) is 10.9 Å². The van der Waals surface area contributed by atoms with Crippen LogP contribution in [0.2, 0.25) is 0 Å². The molecule has 0 aliphatic carbocycles. The van der Waals surface area contributed by atoms with Gasteiger partial charge in [0, 0.05) is 31.6 Å². The van der Waals surface area contributed by atoms with Gasteiger partial charge in [-0.25, -0.2) is 0 Å². The first-order chi connectivity index (χ1) is 12.5. The third-order valence-corrected chi connectivity index (χ3v) is 6.63. The Hall–Kier alpha value is -1.61. The van der Waals surface area contributed by atoms with Gasteiger partial charge < -0.3 is 14.2 Å². The smallest absolute Gasteiger partial charge is 0.322 e. The molecule has 0 spiro atoms. The van der Waals surface area contributed by atoms with Gasteiger partial charge in [0.15, 0.2) is 0 Å². The van der Waals surface area contributed by atoms with Gasteiger partial charge in [-0.1, -0.05) is 18.2 Å². The number of alkyl halides is 1. The van der Waals surface area contributed by atoms with Crippen molar-refractivity contribution in [2.45, 2.75) is 12.6 Å². The Balaban J connectivity index is 1.68. The van der Waals surface area contributed by atoms with Crippen molar-refractivity contribution in [3.63, 3.8) is 0 Å². The van der Waals surface area contributed by atoms with E-state index in [1.807, 2.05) is 35.9 Å². The molecule has 1 saturated heterocycles. The number of hydrogen-bond acceptors (Lipinski definition) is 4. The van der Waals surface area contributed by atoms with Gasteiger partial charge in [-0.05, 0) is 13.1 Å². The molecule has 0 radical (unpaired) electrons. The van der Waals surface area contributed by atoms with Crippen LogP contribution < -0.4 is 4.74 Å². The number of benzene rings is 1. The third kappa shape index (κ3) is 3.11. The van der Waals surface area contributed by atoms with E-state index >= 15 is 0 Å². The standard InChI is InChI=1S/C17H21ClN4O3S/c1-20-6-8-21(9-7-20)26(23,24)19-11-15-14-4-2-3-5-16(14)22-12-13(10-18)25-17(15)22/h2-5,11,13H,6-10,12H2,1H3/b19-11+. The Kier molecular flexibility index (Phi) is 4.68. The molecule has 0 amide bonds. The SMILES string of the molecule is CN1CCN(S(=O)(=O)/N=C/c2c3n(c4ccccc24)CC(CCl)O3)CC1. The van der Waals surface area contributed by atoms with E-state index < -0.39 is 10.2 Å². The molecule has 4 rings (SSSR count). The maximum absolute atomic E-state index is 12.6. The van der Waals surface area contributed by atoms with E-state index in [1.54, 1.807) is 0 Å². The van der Waals surface area contributed by atoms with Crippen LogP contribution in [0.4, 0.5) is 0 Å². The number of ether oxygens (including phenoxy) is 1. The molecule has 2 aliphatic rings. The van der Waals surface area contributed by atoms with E-state index in [2.05, 4.69) is 9.30 Å². The molecule has 1 aromatic heterocycles. The highest BCUT2D eigenvalue weighted by atomic mass is 35.5. The first-order valence-corrected chi connectivity index (χ1v) is 10.5. The molecule has 2 aromatic rings. The molecular weight excluding hydrogens is 376 g/mol. The first-order valence-electron chi connectivity index (χ1n) is 8.57. The molecular formula is C17H21ClN4O3S. The summed E-state index contributed by atoms with van der Waals surface area (Å²) in [6, 6.07) is 7.81. The number of hydrogen-bond donors (Lipinski definition) is 0. The molecule has 7 nitrogen and oxygen atoms in total. The lowest BCUT2D eigenvalue weighted by atomic mass is 10.2. The van der Waals surface area contributed by atoms with Gasteiger partial charge in [-0.15, -0.1) is 11.6 Å². The summed E-state index contributed by atoms with van der Waals surface area (Å²) < 4.78 is 38.5. The van der Waals surface area contributed by atoms with Crippen LogP contribution in [0, 0.1) is 0 Å². The summed E-state index contributed by atoms with van der Waals surface area (Å²) in [5, 5.41) is 0.924. The summed E-state index contributed by atoms with van der Waals surface area (Å²) >= 11 is 5.94. The molecule has 1 aromatic carbocycles. The van der Waals surface area contributed by atoms with Crippen LogP contribution in [0.1, 0.15) is 5.56 Å². The third-order valence-electron chi connectivity index (χ3n) is 4.90. The highest BCUT2D eigenvalue weighted by Gasteiger charge is 2.29. The molecule has 0 N–H and O–H groups in total. The highest BCUT2D eigenvalue weighted by Crippen LogP contribution is 2.36. The van der Waals surface area contributed by atoms with E-state index in [0.29, 0.717) is 50.0 Å². The predicted molar refractivity (Wildman–Crippen MR) is 103 cm³/mol. The molecule has 1 unspecified atom stereocenters. The van der Waals surface area contributed by atoms with E-state index in [1.165, 1.54) is 10.5 Å². The van der Waals surface area contributed by atoms with E-state index in [4.69, 9.17) is 16.3 Å². The molecule has 9 heteroatoms. The predicted octanol–water partition coefficient (Wildman–Crippen LogP) is 1.55. The van der Waals surface area contributed by atoms with E-state index in [0.717, 1.165) is 10.9 Å². The Bertz CT molecular complexity index is 948. The first kappa shape index (κ1) is 17.8. The molecule has 0 bridgehead atoms. The number of halogens is 1. The molecule has 2 aliphatic heterocycles. The molecule has 26 heavy (non-hydrogen) atoms. The number of rotatable bonds is 4. The molecule has 3 heterocycles. The van der Waals surface area contributed by atoms with E-state index in [9.17, 15) is 8.42 Å². The minimum Gasteiger partial charge on any atom is -0.472 e. The van der Waals surface area contributed by atoms with Crippen molar-refractivity contribution >= 4 is 38.9 Å². The zero-order chi connectivity index (χ0) is 18.3. The summed E-state index contributed by atoms with van der Waals surface area (Å²) in [5.41, 5.74) is 1.68. The minimum atomic E-state index is -3.70. The maximum Gasteiger partial charge on any atom is 0.322 e. The quantitative estimate of drug-likeness (QED) is 0.581. The van der Waals surface area contributed by atoms with Crippen molar-refractivity contribution in [1.82, 2.24) is 13.8 Å². The average Bonchev–Trinajstić information content (AvgIpc) is 3.17. The van der Waals surface area contributed by atoms with Crippen LogP contribution in [-0.4, -0.2) is 73.6 Å². The zero-order valence-corrected chi connectivity index (χ0v) is 16.1. The van der Waals surface area contributed by atoms with Gasteiger partial charge in [-0.3, -0.25) is 0 Å². The molecule has 1 fully saturated rings. The van der Waals surface area contributed by atoms with Crippen molar-refractivity contribution in [2.75, 3.05) is 39.1 Å². The summed E-state index contributed by atoms with van der Waals surface area (Å²) in [6.07, 6.45) is 1.30. The number of piperazine rings is 1. The number of fused-ring (bicyclic) bond motifs is 3. The molecule has 0 saturated carbocycles. The second-order valence-corrected chi connectivity index (χ2v) is 8.59. The topological polar surface area (TPSA) is 67.1 Å². The van der Waals surface area contributed by atoms with E-state index in [-0.39, 0.29) is 6.10 Å². The average molecular weight is 397 g/mol.